The molecule has 0 radical (unpaired) electrons. The Labute approximate surface area is 411 Å². The van der Waals surface area contributed by atoms with Crippen molar-refractivity contribution in [2.75, 3.05) is 55.8 Å². The minimum Gasteiger partial charge on any atom is -0.362 e. The van der Waals surface area contributed by atoms with Gasteiger partial charge in [0, 0.05) is 75.4 Å². The summed E-state index contributed by atoms with van der Waals surface area (Å²) < 4.78 is 59.0. The summed E-state index contributed by atoms with van der Waals surface area (Å²) in [5.41, 5.74) is 2.46. The summed E-state index contributed by atoms with van der Waals surface area (Å²) >= 11 is 5.30. The van der Waals surface area contributed by atoms with Crippen molar-refractivity contribution in [1.29, 1.82) is 5.26 Å². The number of thiocarbonyl (C=S) groups is 1. The van der Waals surface area contributed by atoms with Gasteiger partial charge in [-0.1, -0.05) is 97.1 Å². The third-order valence-electron chi connectivity index (χ3n) is 11.4. The Kier molecular flexibility index (Phi) is 27.5. The lowest BCUT2D eigenvalue weighted by molar-refractivity contribution is -0.252. The summed E-state index contributed by atoms with van der Waals surface area (Å²) in [7, 11) is -6.97. The first-order chi connectivity index (χ1) is 33.1. The van der Waals surface area contributed by atoms with E-state index in [9.17, 15) is 16.8 Å². The number of benzene rings is 1. The average Bonchev–Trinajstić information content (AvgIpc) is 3.35. The number of nitrogens with one attached hydrogen (secondary N) is 4. The van der Waals surface area contributed by atoms with Gasteiger partial charge in [0.1, 0.15) is 0 Å². The van der Waals surface area contributed by atoms with Crippen LogP contribution in [0, 0.1) is 17.4 Å². The Morgan fingerprint density at radius 1 is 0.765 bits per heavy atom. The quantitative estimate of drug-likeness (QED) is 0.0102. The average molecular weight is 999 g/mol. The maximum Gasteiger partial charge on any atom is 0.240 e. The van der Waals surface area contributed by atoms with Gasteiger partial charge in [-0.15, -0.1) is 0 Å². The number of hydrogen-bond donors (Lipinski definition) is 4. The first-order valence-electron chi connectivity index (χ1n) is 24.4. The summed E-state index contributed by atoms with van der Waals surface area (Å²) in [5, 5.41) is 21.4. The molecule has 3 aromatic rings. The topological polar surface area (TPSA) is 212 Å². The normalized spacial score (nSPS) is 15.8. The highest BCUT2D eigenvalue weighted by Crippen LogP contribution is 2.25. The molecule has 1 aromatic carbocycles. The zero-order valence-electron chi connectivity index (χ0n) is 39.8. The van der Waals surface area contributed by atoms with Gasteiger partial charge in [-0.3, -0.25) is 30.0 Å². The van der Waals surface area contributed by atoms with Crippen molar-refractivity contribution < 1.29 is 31.2 Å². The fourth-order valence-corrected chi connectivity index (χ4v) is 10.1. The molecule has 0 spiro atoms. The number of anilines is 2. The molecular weight excluding hydrogens is 925 g/mol. The van der Waals surface area contributed by atoms with Gasteiger partial charge in [0.05, 0.1) is 18.1 Å². The van der Waals surface area contributed by atoms with Gasteiger partial charge in [0.2, 0.25) is 26.0 Å². The van der Waals surface area contributed by atoms with E-state index in [1.165, 1.54) is 28.2 Å². The molecule has 0 bridgehead atoms. The first-order valence-corrected chi connectivity index (χ1v) is 28.0. The lowest BCUT2D eigenvalue weighted by Crippen LogP contribution is -2.38. The largest absolute Gasteiger partial charge is 0.362 e. The summed E-state index contributed by atoms with van der Waals surface area (Å²) in [6.07, 6.45) is 26.1. The van der Waals surface area contributed by atoms with Crippen molar-refractivity contribution in [3.8, 4) is 6.19 Å². The SMILES string of the molecule is CCS(=O)(=O)N(CCCCCCCN=C(NC#N)Nc1ccncc1)OCC1CCCCC1.O=S(=O)(Cc1ccccc1)N(CCCCCCCNC(=S)Nc1ccncc1)OC1CCCCO1. The lowest BCUT2D eigenvalue weighted by atomic mass is 9.90. The van der Waals surface area contributed by atoms with Crippen molar-refractivity contribution >= 4 is 54.7 Å². The summed E-state index contributed by atoms with van der Waals surface area (Å²) in [6.45, 7) is 4.89. The van der Waals surface area contributed by atoms with Crippen LogP contribution < -0.4 is 21.3 Å². The third kappa shape index (κ3) is 23.8. The molecule has 3 heterocycles. The van der Waals surface area contributed by atoms with Gasteiger partial charge in [-0.25, -0.2) is 16.8 Å². The number of rotatable bonds is 28. The van der Waals surface area contributed by atoms with Crippen molar-refractivity contribution in [2.45, 2.75) is 135 Å². The molecule has 0 amide bonds. The number of guanidine groups is 1. The Balaban J connectivity index is 0.000000297. The minimum absolute atomic E-state index is 0.0578. The number of sulfonamides is 2. The zero-order chi connectivity index (χ0) is 48.6. The Morgan fingerprint density at radius 3 is 2.00 bits per heavy atom. The van der Waals surface area contributed by atoms with Gasteiger partial charge in [-0.05, 0) is 106 Å². The number of nitriles is 1. The number of pyridine rings is 2. The van der Waals surface area contributed by atoms with E-state index >= 15 is 0 Å². The van der Waals surface area contributed by atoms with Crippen molar-refractivity contribution in [2.24, 2.45) is 10.9 Å². The maximum atomic E-state index is 13.1. The molecule has 2 fully saturated rings. The molecule has 376 valence electrons. The number of aromatic nitrogens is 2. The van der Waals surface area contributed by atoms with Crippen LogP contribution in [0.25, 0.3) is 0 Å². The van der Waals surface area contributed by atoms with Crippen molar-refractivity contribution in [3.05, 3.63) is 84.9 Å². The minimum atomic E-state index is -3.62. The highest BCUT2D eigenvalue weighted by atomic mass is 32.2. The number of nitrogens with zero attached hydrogens (tertiary/aromatic N) is 6. The molecule has 1 saturated heterocycles. The first kappa shape index (κ1) is 56.3. The van der Waals surface area contributed by atoms with E-state index in [-0.39, 0.29) is 11.5 Å². The van der Waals surface area contributed by atoms with Gasteiger partial charge >= 0.3 is 0 Å². The molecular formula is C48H74N10O7S3. The molecule has 5 rings (SSSR count). The van der Waals surface area contributed by atoms with Gasteiger partial charge < -0.3 is 20.7 Å². The van der Waals surface area contributed by atoms with Crippen molar-refractivity contribution in [3.63, 3.8) is 0 Å². The number of aliphatic imine (C=N–C) groups is 1. The third-order valence-corrected chi connectivity index (χ3v) is 14.8. The summed E-state index contributed by atoms with van der Waals surface area (Å²) in [5.74, 6) is 0.864. The Hall–Kier alpha value is -4.33. The van der Waals surface area contributed by atoms with E-state index in [1.54, 1.807) is 43.8 Å². The Bertz CT molecular complexity index is 2110. The summed E-state index contributed by atoms with van der Waals surface area (Å²) in [6, 6.07) is 16.5. The van der Waals surface area contributed by atoms with Crippen molar-refractivity contribution in [1.82, 2.24) is 29.5 Å². The van der Waals surface area contributed by atoms with Crippen LogP contribution in [0.3, 0.4) is 0 Å². The van der Waals surface area contributed by atoms with Crippen LogP contribution in [-0.4, -0.2) is 98.2 Å². The molecule has 2 aromatic heterocycles. The van der Waals surface area contributed by atoms with Crippen LogP contribution in [0.1, 0.15) is 128 Å². The summed E-state index contributed by atoms with van der Waals surface area (Å²) in [4.78, 5) is 24.0. The monoisotopic (exact) mass is 998 g/mol. The van der Waals surface area contributed by atoms with Crippen LogP contribution in [0.2, 0.25) is 0 Å². The lowest BCUT2D eigenvalue weighted by Gasteiger charge is -2.29. The fourth-order valence-electron chi connectivity index (χ4n) is 7.53. The Morgan fingerprint density at radius 2 is 1.37 bits per heavy atom. The van der Waals surface area contributed by atoms with E-state index in [0.717, 1.165) is 113 Å². The molecule has 1 unspecified atom stereocenters. The van der Waals surface area contributed by atoms with Gasteiger partial charge in [-0.2, -0.15) is 5.26 Å². The fraction of sp³-hybridized carbons (Fsp3) is 0.604. The van der Waals surface area contributed by atoms with E-state index in [0.29, 0.717) is 56.3 Å². The van der Waals surface area contributed by atoms with E-state index < -0.39 is 26.3 Å². The van der Waals surface area contributed by atoms with Crippen LogP contribution >= 0.6 is 12.2 Å². The molecule has 1 aliphatic heterocycles. The maximum absolute atomic E-state index is 13.1. The predicted molar refractivity (Wildman–Crippen MR) is 273 cm³/mol. The molecule has 20 heteroatoms. The molecule has 1 saturated carbocycles. The van der Waals surface area contributed by atoms with Gasteiger partial charge in [0.15, 0.2) is 17.6 Å². The number of unbranched alkanes of at least 4 members (excludes halogenated alkanes) is 8. The smallest absolute Gasteiger partial charge is 0.240 e. The molecule has 68 heavy (non-hydrogen) atoms. The molecule has 17 nitrogen and oxygen atoms in total. The number of hydroxylamine groups is 2. The second-order valence-electron chi connectivity index (χ2n) is 16.9. The van der Waals surface area contributed by atoms with E-state index in [4.69, 9.17) is 31.9 Å². The van der Waals surface area contributed by atoms with Crippen LogP contribution in [0.5, 0.6) is 0 Å². The second kappa shape index (κ2) is 33.2. The number of hydrogen-bond acceptors (Lipinski definition) is 12. The molecule has 1 aliphatic carbocycles. The second-order valence-corrected chi connectivity index (χ2v) is 21.3. The standard InChI is InChI=1S/C25H36N4O4S2.C23H38N6O3S/c30-35(31,21-22-11-5-4-6-12-22)29(33-24-13-7-10-20-32-24)19-9-3-1-2-8-16-27-25(34)28-23-14-17-26-18-15-23;1-2-33(30,31)29(32-19-21-11-7-6-8-12-21)18-10-5-3-4-9-15-26-23(27-20-24)28-22-13-16-25-17-14-22/h4-6,11-12,14-15,17-18,24H,1-3,7-10,13,16,19-21H2,(H2,26,27,28,34);13-14,16-17,21H,2-12,15,18-19H2,1H3,(H2,25,26,27,28). The van der Waals surface area contributed by atoms with Crippen LogP contribution in [0.15, 0.2) is 84.4 Å². The highest BCUT2D eigenvalue weighted by molar-refractivity contribution is 7.89. The van der Waals surface area contributed by atoms with E-state index in [2.05, 4.69) is 36.2 Å². The van der Waals surface area contributed by atoms with Crippen LogP contribution in [-0.2, 0) is 40.2 Å². The molecule has 4 N–H and O–H groups in total. The van der Waals surface area contributed by atoms with E-state index in [1.807, 2.05) is 48.7 Å². The zero-order valence-corrected chi connectivity index (χ0v) is 42.3. The predicted octanol–water partition coefficient (Wildman–Crippen LogP) is 8.64. The van der Waals surface area contributed by atoms with Crippen LogP contribution in [0.4, 0.5) is 11.4 Å². The molecule has 1 atom stereocenters. The number of ether oxygens (including phenoxy) is 1. The highest BCUT2D eigenvalue weighted by Gasteiger charge is 2.28. The van der Waals surface area contributed by atoms with Gasteiger partial charge in [0.25, 0.3) is 0 Å². The molecule has 2 aliphatic rings.